The van der Waals surface area contributed by atoms with Crippen molar-refractivity contribution in [1.82, 2.24) is 9.59 Å². The fraction of sp³-hybridized carbons (Fsp3) is 0.333. The zero-order chi connectivity index (χ0) is 20.6. The van der Waals surface area contributed by atoms with E-state index in [0.717, 1.165) is 24.4 Å². The Balaban J connectivity index is 1.64. The molecule has 150 valence electrons. The maximum atomic E-state index is 15.2. The van der Waals surface area contributed by atoms with Gasteiger partial charge in [-0.3, -0.25) is 0 Å². The standard InChI is InChI=1S/C18H17BClFN4O2S2/c19-9-1-2-12(11(20)5-9)22-16-13(6-14-17(15(16)21)23-25-28-14)24-29-18(3-4-18)7-10(27)8-26/h1-2,5-6,10,22,24,26-27H,3-4,7-8H2. The molecule has 4 N–H and O–H groups in total. The van der Waals surface area contributed by atoms with Gasteiger partial charge < -0.3 is 20.3 Å². The molecule has 2 aromatic carbocycles. The summed E-state index contributed by atoms with van der Waals surface area (Å²) in [5, 5.41) is 26.2. The molecule has 11 heteroatoms. The molecule has 1 aliphatic rings. The second-order valence-corrected chi connectivity index (χ2v) is 9.49. The molecular weight excluding hydrogens is 434 g/mol. The Hall–Kier alpha value is -1.59. The summed E-state index contributed by atoms with van der Waals surface area (Å²) in [6.07, 6.45) is 1.49. The van der Waals surface area contributed by atoms with Crippen molar-refractivity contribution >= 4 is 75.7 Å². The minimum Gasteiger partial charge on any atom is -0.394 e. The molecule has 1 aromatic heterocycles. The summed E-state index contributed by atoms with van der Waals surface area (Å²) in [4.78, 5) is 0. The second-order valence-electron chi connectivity index (χ2n) is 7.02. The van der Waals surface area contributed by atoms with Crippen molar-refractivity contribution in [3.05, 3.63) is 35.1 Å². The highest BCUT2D eigenvalue weighted by Crippen LogP contribution is 2.52. The summed E-state index contributed by atoms with van der Waals surface area (Å²) in [6, 6.07) is 6.72. The fourth-order valence-corrected chi connectivity index (χ4v) is 4.90. The lowest BCUT2D eigenvalue weighted by atomic mass is 9.96. The third-order valence-electron chi connectivity index (χ3n) is 4.74. The van der Waals surface area contributed by atoms with Crippen molar-refractivity contribution in [3.63, 3.8) is 0 Å². The lowest BCUT2D eigenvalue weighted by Crippen LogP contribution is -2.21. The average molecular weight is 451 g/mol. The van der Waals surface area contributed by atoms with Gasteiger partial charge in [0.05, 0.1) is 33.8 Å². The van der Waals surface area contributed by atoms with Gasteiger partial charge in [-0.25, -0.2) is 4.39 Å². The first-order valence-electron chi connectivity index (χ1n) is 8.90. The van der Waals surface area contributed by atoms with E-state index in [9.17, 15) is 5.11 Å². The number of halogens is 2. The SMILES string of the molecule is [B]c1ccc(Nc2c(NSC3(CC(O)CO)CC3)cc3snnc3c2F)c(Cl)c1. The molecule has 1 fully saturated rings. The monoisotopic (exact) mass is 450 g/mol. The van der Waals surface area contributed by atoms with E-state index in [4.69, 9.17) is 24.6 Å². The van der Waals surface area contributed by atoms with Crippen LogP contribution in [-0.4, -0.2) is 45.1 Å². The van der Waals surface area contributed by atoms with Crippen LogP contribution in [0.1, 0.15) is 19.3 Å². The van der Waals surface area contributed by atoms with Crippen LogP contribution < -0.4 is 15.5 Å². The van der Waals surface area contributed by atoms with Crippen LogP contribution in [0, 0.1) is 5.82 Å². The number of aromatic nitrogens is 2. The van der Waals surface area contributed by atoms with E-state index in [1.54, 1.807) is 24.3 Å². The van der Waals surface area contributed by atoms with Gasteiger partial charge in [0.1, 0.15) is 19.1 Å². The van der Waals surface area contributed by atoms with E-state index < -0.39 is 11.9 Å². The van der Waals surface area contributed by atoms with Gasteiger partial charge in [-0.1, -0.05) is 27.6 Å². The van der Waals surface area contributed by atoms with Crippen LogP contribution >= 0.6 is 35.1 Å². The first-order valence-corrected chi connectivity index (χ1v) is 10.9. The van der Waals surface area contributed by atoms with E-state index >= 15 is 4.39 Å². The van der Waals surface area contributed by atoms with Gasteiger partial charge in [-0.15, -0.1) is 5.10 Å². The largest absolute Gasteiger partial charge is 0.394 e. The summed E-state index contributed by atoms with van der Waals surface area (Å²) in [5.74, 6) is -0.535. The van der Waals surface area contributed by atoms with Crippen molar-refractivity contribution in [1.29, 1.82) is 0 Å². The topological polar surface area (TPSA) is 90.3 Å². The van der Waals surface area contributed by atoms with E-state index in [2.05, 4.69) is 19.6 Å². The normalized spacial score (nSPS) is 16.0. The molecule has 0 spiro atoms. The summed E-state index contributed by atoms with van der Waals surface area (Å²) in [6.45, 7) is -0.280. The van der Waals surface area contributed by atoms with Gasteiger partial charge in [-0.2, -0.15) is 0 Å². The van der Waals surface area contributed by atoms with Gasteiger partial charge in [0.2, 0.25) is 0 Å². The van der Waals surface area contributed by atoms with Crippen LogP contribution in [0.5, 0.6) is 0 Å². The number of nitrogens with one attached hydrogen (secondary N) is 2. The molecule has 2 radical (unpaired) electrons. The van der Waals surface area contributed by atoms with Crippen molar-refractivity contribution in [2.75, 3.05) is 16.6 Å². The number of anilines is 3. The molecule has 6 nitrogen and oxygen atoms in total. The van der Waals surface area contributed by atoms with Gasteiger partial charge >= 0.3 is 0 Å². The molecule has 0 amide bonds. The van der Waals surface area contributed by atoms with Gasteiger partial charge in [0.15, 0.2) is 5.82 Å². The van der Waals surface area contributed by atoms with E-state index in [1.165, 1.54) is 11.9 Å². The van der Waals surface area contributed by atoms with E-state index in [1.807, 2.05) is 0 Å². The van der Waals surface area contributed by atoms with Gasteiger partial charge in [0.25, 0.3) is 0 Å². The number of nitrogens with zero attached hydrogens (tertiary/aromatic N) is 2. The Labute approximate surface area is 181 Å². The van der Waals surface area contributed by atoms with Crippen LogP contribution in [0.4, 0.5) is 21.5 Å². The van der Waals surface area contributed by atoms with E-state index in [-0.39, 0.29) is 22.6 Å². The fourth-order valence-electron chi connectivity index (χ4n) is 3.00. The quantitative estimate of drug-likeness (QED) is 0.309. The van der Waals surface area contributed by atoms with Gasteiger partial charge in [-0.05, 0) is 60.9 Å². The molecule has 0 aliphatic heterocycles. The molecule has 0 saturated heterocycles. The van der Waals surface area contributed by atoms with Crippen LogP contribution in [0.2, 0.25) is 5.02 Å². The van der Waals surface area contributed by atoms with Crippen molar-refractivity contribution in [2.24, 2.45) is 0 Å². The summed E-state index contributed by atoms with van der Waals surface area (Å²) >= 11 is 8.77. The maximum Gasteiger partial charge on any atom is 0.177 e. The van der Waals surface area contributed by atoms with Crippen LogP contribution in [0.15, 0.2) is 24.3 Å². The Morgan fingerprint density at radius 3 is 2.83 bits per heavy atom. The van der Waals surface area contributed by atoms with Crippen molar-refractivity contribution < 1.29 is 14.6 Å². The number of fused-ring (bicyclic) bond motifs is 1. The molecule has 1 heterocycles. The minimum absolute atomic E-state index is 0.177. The number of hydrogen-bond acceptors (Lipinski definition) is 8. The average Bonchev–Trinajstić information content (AvgIpc) is 3.28. The first-order chi connectivity index (χ1) is 13.9. The van der Waals surface area contributed by atoms with Crippen LogP contribution in [0.25, 0.3) is 10.2 Å². The molecule has 1 atom stereocenters. The molecule has 1 aliphatic carbocycles. The summed E-state index contributed by atoms with van der Waals surface area (Å²) < 4.78 is 22.7. The number of hydrogen-bond donors (Lipinski definition) is 4. The maximum absolute atomic E-state index is 15.2. The Morgan fingerprint density at radius 1 is 1.34 bits per heavy atom. The Morgan fingerprint density at radius 2 is 2.14 bits per heavy atom. The van der Waals surface area contributed by atoms with Gasteiger partial charge in [0, 0.05) is 4.75 Å². The molecule has 29 heavy (non-hydrogen) atoms. The number of benzene rings is 2. The number of aliphatic hydroxyl groups is 2. The van der Waals surface area contributed by atoms with Crippen molar-refractivity contribution in [3.8, 4) is 0 Å². The molecular formula is C18H17BClFN4O2S2. The summed E-state index contributed by atoms with van der Waals surface area (Å²) in [5.41, 5.74) is 1.91. The zero-order valence-corrected chi connectivity index (χ0v) is 17.5. The Bertz CT molecular complexity index is 1050. The third-order valence-corrected chi connectivity index (χ3v) is 7.06. The van der Waals surface area contributed by atoms with E-state index in [0.29, 0.717) is 33.0 Å². The van der Waals surface area contributed by atoms with Crippen LogP contribution in [-0.2, 0) is 0 Å². The molecule has 3 aromatic rings. The van der Waals surface area contributed by atoms with Crippen molar-refractivity contribution in [2.45, 2.75) is 30.1 Å². The highest BCUT2D eigenvalue weighted by molar-refractivity contribution is 8.02. The lowest BCUT2D eigenvalue weighted by molar-refractivity contribution is 0.0865. The highest BCUT2D eigenvalue weighted by Gasteiger charge is 2.45. The predicted molar refractivity (Wildman–Crippen MR) is 118 cm³/mol. The first kappa shape index (κ1) is 20.7. The highest BCUT2D eigenvalue weighted by atomic mass is 35.5. The number of aliphatic hydroxyl groups excluding tert-OH is 2. The Kier molecular flexibility index (Phi) is 5.90. The summed E-state index contributed by atoms with van der Waals surface area (Å²) in [7, 11) is 5.74. The lowest BCUT2D eigenvalue weighted by Gasteiger charge is -2.20. The zero-order valence-electron chi connectivity index (χ0n) is 15.2. The second kappa shape index (κ2) is 8.27. The molecule has 0 bridgehead atoms. The van der Waals surface area contributed by atoms with Crippen LogP contribution in [0.3, 0.4) is 0 Å². The molecule has 4 rings (SSSR count). The number of rotatable bonds is 8. The minimum atomic E-state index is -0.775. The third kappa shape index (κ3) is 4.46. The molecule has 1 saturated carbocycles. The predicted octanol–water partition coefficient (Wildman–Crippen LogP) is 3.36. The smallest absolute Gasteiger partial charge is 0.177 e. The molecule has 1 unspecified atom stereocenters.